The monoisotopic (exact) mass is 259 g/mol. The second kappa shape index (κ2) is 7.34. The maximum Gasteiger partial charge on any atom is 0.0682 e. The summed E-state index contributed by atoms with van der Waals surface area (Å²) in [5.74, 6) is 0. The smallest absolute Gasteiger partial charge is 0.0682 e. The molecular weight excluding hydrogens is 234 g/mol. The van der Waals surface area contributed by atoms with E-state index in [0.717, 1.165) is 12.1 Å². The first-order chi connectivity index (χ1) is 9.35. The van der Waals surface area contributed by atoms with Crippen LogP contribution < -0.4 is 0 Å². The summed E-state index contributed by atoms with van der Waals surface area (Å²) in [4.78, 5) is 0. The van der Waals surface area contributed by atoms with Gasteiger partial charge in [-0.05, 0) is 29.5 Å². The Hall–Kier alpha value is -1.28. The molecule has 1 aromatic heterocycles. The molecule has 0 aliphatic heterocycles. The number of aromatic nitrogens is 1. The van der Waals surface area contributed by atoms with E-state index in [1.54, 1.807) is 0 Å². The fraction of sp³-hybridized carbons (Fsp3) is 0.529. The van der Waals surface area contributed by atoms with Gasteiger partial charge >= 0.3 is 0 Å². The van der Waals surface area contributed by atoms with E-state index in [0.29, 0.717) is 0 Å². The molecule has 0 atom stereocenters. The standard InChI is InChI=1S/C17H25NO/c1-2-3-4-5-6-7-11-18-12-10-16-9-8-15(14-19)13-17(16)18/h8-10,12-13,19H,2-7,11,14H2,1H3. The summed E-state index contributed by atoms with van der Waals surface area (Å²) < 4.78 is 2.31. The molecular formula is C17H25NO. The lowest BCUT2D eigenvalue weighted by molar-refractivity contribution is 0.282. The summed E-state index contributed by atoms with van der Waals surface area (Å²) in [5, 5.41) is 10.5. The average Bonchev–Trinajstić information content (AvgIpc) is 2.85. The predicted molar refractivity (Wildman–Crippen MR) is 81.2 cm³/mol. The van der Waals surface area contributed by atoms with Crippen LogP contribution in [0, 0.1) is 0 Å². The van der Waals surface area contributed by atoms with Crippen LogP contribution in [-0.4, -0.2) is 9.67 Å². The van der Waals surface area contributed by atoms with E-state index in [1.807, 2.05) is 6.07 Å². The van der Waals surface area contributed by atoms with Crippen molar-refractivity contribution in [3.63, 3.8) is 0 Å². The van der Waals surface area contributed by atoms with Crippen molar-refractivity contribution in [2.45, 2.75) is 58.6 Å². The quantitative estimate of drug-likeness (QED) is 0.694. The summed E-state index contributed by atoms with van der Waals surface area (Å²) in [6.45, 7) is 3.47. The SMILES string of the molecule is CCCCCCCCn1ccc2ccc(CO)cc21. The Morgan fingerprint density at radius 1 is 1.00 bits per heavy atom. The van der Waals surface area contributed by atoms with Gasteiger partial charge in [0.1, 0.15) is 0 Å². The summed E-state index contributed by atoms with van der Waals surface area (Å²) in [6.07, 6.45) is 10.1. The maximum atomic E-state index is 9.21. The largest absolute Gasteiger partial charge is 0.392 e. The summed E-state index contributed by atoms with van der Waals surface area (Å²) in [6, 6.07) is 8.36. The molecule has 0 saturated carbocycles. The summed E-state index contributed by atoms with van der Waals surface area (Å²) in [5.41, 5.74) is 2.25. The molecule has 2 rings (SSSR count). The van der Waals surface area contributed by atoms with Gasteiger partial charge in [-0.3, -0.25) is 0 Å². The normalized spacial score (nSPS) is 11.3. The molecule has 0 aliphatic rings. The van der Waals surface area contributed by atoms with Crippen molar-refractivity contribution in [3.8, 4) is 0 Å². The minimum absolute atomic E-state index is 0.123. The molecule has 2 aromatic rings. The van der Waals surface area contributed by atoms with Gasteiger partial charge in [-0.2, -0.15) is 0 Å². The minimum atomic E-state index is 0.123. The van der Waals surface area contributed by atoms with Gasteiger partial charge in [0.05, 0.1) is 6.61 Å². The third kappa shape index (κ3) is 3.84. The molecule has 0 amide bonds. The number of unbranched alkanes of at least 4 members (excludes halogenated alkanes) is 5. The Labute approximate surface area is 116 Å². The first kappa shape index (κ1) is 14.1. The number of benzene rings is 1. The predicted octanol–water partition coefficient (Wildman–Crippen LogP) is 4.49. The van der Waals surface area contributed by atoms with Crippen LogP contribution in [0.1, 0.15) is 51.0 Å². The number of aliphatic hydroxyl groups excluding tert-OH is 1. The van der Waals surface area contributed by atoms with Gasteiger partial charge < -0.3 is 9.67 Å². The van der Waals surface area contributed by atoms with Crippen LogP contribution >= 0.6 is 0 Å². The number of fused-ring (bicyclic) bond motifs is 1. The van der Waals surface area contributed by atoms with Crippen molar-refractivity contribution in [1.82, 2.24) is 4.57 Å². The molecule has 1 heterocycles. The topological polar surface area (TPSA) is 25.2 Å². The average molecular weight is 259 g/mol. The lowest BCUT2D eigenvalue weighted by Gasteiger charge is -2.06. The van der Waals surface area contributed by atoms with Crippen molar-refractivity contribution in [3.05, 3.63) is 36.0 Å². The third-order valence-corrected chi connectivity index (χ3v) is 3.77. The van der Waals surface area contributed by atoms with Gasteiger partial charge in [0.2, 0.25) is 0 Å². The molecule has 0 bridgehead atoms. The number of hydrogen-bond donors (Lipinski definition) is 1. The molecule has 0 aliphatic carbocycles. The van der Waals surface area contributed by atoms with E-state index < -0.39 is 0 Å². The second-order valence-electron chi connectivity index (χ2n) is 5.33. The Morgan fingerprint density at radius 2 is 1.79 bits per heavy atom. The number of aliphatic hydroxyl groups is 1. The van der Waals surface area contributed by atoms with Crippen LogP contribution in [0.3, 0.4) is 0 Å². The molecule has 104 valence electrons. The van der Waals surface area contributed by atoms with Crippen LogP contribution in [0.5, 0.6) is 0 Å². The van der Waals surface area contributed by atoms with Gasteiger partial charge in [-0.15, -0.1) is 0 Å². The highest BCUT2D eigenvalue weighted by Crippen LogP contribution is 2.19. The molecule has 2 nitrogen and oxygen atoms in total. The van der Waals surface area contributed by atoms with E-state index in [1.165, 1.54) is 49.4 Å². The van der Waals surface area contributed by atoms with E-state index in [9.17, 15) is 5.11 Å². The fourth-order valence-electron chi connectivity index (χ4n) is 2.59. The molecule has 0 spiro atoms. The van der Waals surface area contributed by atoms with Crippen LogP contribution in [-0.2, 0) is 13.2 Å². The van der Waals surface area contributed by atoms with Crippen molar-refractivity contribution in [2.24, 2.45) is 0 Å². The number of nitrogens with zero attached hydrogens (tertiary/aromatic N) is 1. The summed E-state index contributed by atoms with van der Waals surface area (Å²) >= 11 is 0. The lowest BCUT2D eigenvalue weighted by atomic mass is 10.1. The van der Waals surface area contributed by atoms with Gasteiger partial charge in [0.25, 0.3) is 0 Å². The molecule has 1 N–H and O–H groups in total. The van der Waals surface area contributed by atoms with Crippen molar-refractivity contribution >= 4 is 10.9 Å². The van der Waals surface area contributed by atoms with Crippen molar-refractivity contribution in [1.29, 1.82) is 0 Å². The first-order valence-corrected chi connectivity index (χ1v) is 7.53. The van der Waals surface area contributed by atoms with Crippen molar-refractivity contribution in [2.75, 3.05) is 0 Å². The van der Waals surface area contributed by atoms with E-state index >= 15 is 0 Å². The second-order valence-corrected chi connectivity index (χ2v) is 5.33. The van der Waals surface area contributed by atoms with Crippen LogP contribution in [0.4, 0.5) is 0 Å². The number of hydrogen-bond acceptors (Lipinski definition) is 1. The Balaban J connectivity index is 1.89. The molecule has 0 unspecified atom stereocenters. The lowest BCUT2D eigenvalue weighted by Crippen LogP contribution is -1.96. The zero-order valence-electron chi connectivity index (χ0n) is 11.9. The van der Waals surface area contributed by atoms with E-state index in [4.69, 9.17) is 0 Å². The minimum Gasteiger partial charge on any atom is -0.392 e. The molecule has 0 fully saturated rings. The third-order valence-electron chi connectivity index (χ3n) is 3.77. The molecule has 1 aromatic carbocycles. The first-order valence-electron chi connectivity index (χ1n) is 7.53. The Morgan fingerprint density at radius 3 is 2.58 bits per heavy atom. The van der Waals surface area contributed by atoms with Crippen molar-refractivity contribution < 1.29 is 5.11 Å². The maximum absolute atomic E-state index is 9.21. The fourth-order valence-corrected chi connectivity index (χ4v) is 2.59. The highest BCUT2D eigenvalue weighted by Gasteiger charge is 2.02. The molecule has 0 radical (unpaired) electrons. The number of aryl methyl sites for hydroxylation is 1. The Bertz CT molecular complexity index is 501. The van der Waals surface area contributed by atoms with E-state index in [2.05, 4.69) is 35.9 Å². The van der Waals surface area contributed by atoms with Gasteiger partial charge in [-0.25, -0.2) is 0 Å². The van der Waals surface area contributed by atoms with Gasteiger partial charge in [-0.1, -0.05) is 51.2 Å². The highest BCUT2D eigenvalue weighted by atomic mass is 16.3. The molecule has 0 saturated heterocycles. The molecule has 19 heavy (non-hydrogen) atoms. The highest BCUT2D eigenvalue weighted by molar-refractivity contribution is 5.80. The van der Waals surface area contributed by atoms with Crippen LogP contribution in [0.25, 0.3) is 10.9 Å². The number of rotatable bonds is 8. The zero-order chi connectivity index (χ0) is 13.5. The van der Waals surface area contributed by atoms with Gasteiger partial charge in [0.15, 0.2) is 0 Å². The summed E-state index contributed by atoms with van der Waals surface area (Å²) in [7, 11) is 0. The molecule has 2 heteroatoms. The Kier molecular flexibility index (Phi) is 5.46. The zero-order valence-corrected chi connectivity index (χ0v) is 11.9. The van der Waals surface area contributed by atoms with Crippen LogP contribution in [0.15, 0.2) is 30.5 Å². The van der Waals surface area contributed by atoms with E-state index in [-0.39, 0.29) is 6.61 Å². The van der Waals surface area contributed by atoms with Gasteiger partial charge in [0, 0.05) is 18.3 Å². The van der Waals surface area contributed by atoms with Crippen LogP contribution in [0.2, 0.25) is 0 Å².